The Labute approximate surface area is 122 Å². The second kappa shape index (κ2) is 6.76. The standard InChI is InChI=1S/C14H18N2O3S/c1-9(17)8-20-14-12(13(19)16-14)15-11(18)7-10-5-3-2-4-6-10/h2-6,9,12,14,17H,7-8H2,1H3,(H,15,18)(H,16,19)/t9?,12-,14-/m1/s1. The molecule has 20 heavy (non-hydrogen) atoms. The molecular formula is C14H18N2O3S. The molecule has 0 radical (unpaired) electrons. The Morgan fingerprint density at radius 1 is 1.45 bits per heavy atom. The summed E-state index contributed by atoms with van der Waals surface area (Å²) in [6.45, 7) is 1.69. The average molecular weight is 294 g/mol. The Bertz CT molecular complexity index is 479. The van der Waals surface area contributed by atoms with Crippen molar-refractivity contribution in [3.05, 3.63) is 35.9 Å². The van der Waals surface area contributed by atoms with E-state index in [9.17, 15) is 14.7 Å². The second-order valence-electron chi connectivity index (χ2n) is 4.82. The number of aliphatic hydroxyl groups excluding tert-OH is 1. The van der Waals surface area contributed by atoms with Gasteiger partial charge in [-0.05, 0) is 12.5 Å². The molecule has 0 spiro atoms. The summed E-state index contributed by atoms with van der Waals surface area (Å²) in [7, 11) is 0. The van der Waals surface area contributed by atoms with Crippen LogP contribution in [-0.2, 0) is 16.0 Å². The van der Waals surface area contributed by atoms with Gasteiger partial charge in [0.1, 0.15) is 11.4 Å². The van der Waals surface area contributed by atoms with Gasteiger partial charge in [0.15, 0.2) is 0 Å². The molecule has 1 unspecified atom stereocenters. The van der Waals surface area contributed by atoms with Crippen LogP contribution in [0.25, 0.3) is 0 Å². The van der Waals surface area contributed by atoms with Crippen LogP contribution in [0.2, 0.25) is 0 Å². The third kappa shape index (κ3) is 3.98. The van der Waals surface area contributed by atoms with Gasteiger partial charge in [-0.15, -0.1) is 11.8 Å². The molecule has 1 aliphatic heterocycles. The van der Waals surface area contributed by atoms with Crippen LogP contribution >= 0.6 is 11.8 Å². The largest absolute Gasteiger partial charge is 0.393 e. The number of nitrogens with one attached hydrogen (secondary N) is 2. The van der Waals surface area contributed by atoms with E-state index >= 15 is 0 Å². The molecular weight excluding hydrogens is 276 g/mol. The molecule has 1 aromatic rings. The summed E-state index contributed by atoms with van der Waals surface area (Å²) in [5.74, 6) is 0.184. The quantitative estimate of drug-likeness (QED) is 0.659. The van der Waals surface area contributed by atoms with Gasteiger partial charge in [-0.3, -0.25) is 9.59 Å². The van der Waals surface area contributed by atoms with Crippen LogP contribution in [0.5, 0.6) is 0 Å². The van der Waals surface area contributed by atoms with E-state index in [0.717, 1.165) is 5.56 Å². The molecule has 108 valence electrons. The maximum atomic E-state index is 11.9. The second-order valence-corrected chi connectivity index (χ2v) is 5.99. The zero-order chi connectivity index (χ0) is 14.5. The van der Waals surface area contributed by atoms with E-state index < -0.39 is 12.1 Å². The number of carbonyl (C=O) groups is 2. The molecule has 0 aromatic heterocycles. The van der Waals surface area contributed by atoms with Crippen LogP contribution in [0.1, 0.15) is 12.5 Å². The van der Waals surface area contributed by atoms with E-state index in [0.29, 0.717) is 5.75 Å². The van der Waals surface area contributed by atoms with Gasteiger partial charge in [0.05, 0.1) is 12.5 Å². The fourth-order valence-electron chi connectivity index (χ4n) is 1.88. The number of rotatable bonds is 6. The van der Waals surface area contributed by atoms with Gasteiger partial charge in [0.2, 0.25) is 11.8 Å². The van der Waals surface area contributed by atoms with Gasteiger partial charge in [0, 0.05) is 5.75 Å². The van der Waals surface area contributed by atoms with Crippen molar-refractivity contribution in [2.24, 2.45) is 0 Å². The van der Waals surface area contributed by atoms with Crippen LogP contribution in [0.15, 0.2) is 30.3 Å². The molecule has 2 amide bonds. The number of hydrogen-bond donors (Lipinski definition) is 3. The molecule has 1 heterocycles. The fourth-order valence-corrected chi connectivity index (χ4v) is 2.95. The van der Waals surface area contributed by atoms with Crippen LogP contribution in [0.3, 0.4) is 0 Å². The highest BCUT2D eigenvalue weighted by Crippen LogP contribution is 2.20. The number of amides is 2. The molecule has 0 saturated carbocycles. The summed E-state index contributed by atoms with van der Waals surface area (Å²) in [5, 5.41) is 14.5. The minimum atomic E-state index is -0.505. The fraction of sp³-hybridized carbons (Fsp3) is 0.429. The SMILES string of the molecule is CC(O)CS[C@H]1NC(=O)[C@H]1NC(=O)Cc1ccccc1. The Morgan fingerprint density at radius 3 is 2.75 bits per heavy atom. The first-order valence-corrected chi connectivity index (χ1v) is 7.54. The number of hydrogen-bond acceptors (Lipinski definition) is 4. The highest BCUT2D eigenvalue weighted by atomic mass is 32.2. The summed E-state index contributed by atoms with van der Waals surface area (Å²) >= 11 is 1.43. The Hall–Kier alpha value is -1.53. The highest BCUT2D eigenvalue weighted by Gasteiger charge is 2.40. The van der Waals surface area contributed by atoms with Crippen molar-refractivity contribution in [2.75, 3.05) is 5.75 Å². The maximum Gasteiger partial charge on any atom is 0.246 e. The Morgan fingerprint density at radius 2 is 2.15 bits per heavy atom. The minimum absolute atomic E-state index is 0.156. The summed E-state index contributed by atoms with van der Waals surface area (Å²) < 4.78 is 0. The molecule has 0 bridgehead atoms. The summed E-state index contributed by atoms with van der Waals surface area (Å²) in [6, 6.07) is 8.89. The number of carbonyl (C=O) groups excluding carboxylic acids is 2. The monoisotopic (exact) mass is 294 g/mol. The van der Waals surface area contributed by atoms with Crippen molar-refractivity contribution in [1.29, 1.82) is 0 Å². The third-order valence-corrected chi connectivity index (χ3v) is 4.33. The lowest BCUT2D eigenvalue weighted by Crippen LogP contribution is -2.68. The maximum absolute atomic E-state index is 11.9. The van der Waals surface area contributed by atoms with Gasteiger partial charge in [-0.25, -0.2) is 0 Å². The molecule has 5 nitrogen and oxygen atoms in total. The summed E-state index contributed by atoms with van der Waals surface area (Å²) in [6.07, 6.45) is -0.170. The molecule has 1 aliphatic rings. The van der Waals surface area contributed by atoms with E-state index in [1.165, 1.54) is 11.8 Å². The third-order valence-electron chi connectivity index (χ3n) is 2.91. The van der Waals surface area contributed by atoms with E-state index in [2.05, 4.69) is 10.6 Å². The van der Waals surface area contributed by atoms with Gasteiger partial charge >= 0.3 is 0 Å². The van der Waals surface area contributed by atoms with Crippen LogP contribution < -0.4 is 10.6 Å². The Balaban J connectivity index is 1.82. The lowest BCUT2D eigenvalue weighted by molar-refractivity contribution is -0.134. The lowest BCUT2D eigenvalue weighted by Gasteiger charge is -2.36. The van der Waals surface area contributed by atoms with Crippen LogP contribution in [-0.4, -0.2) is 40.2 Å². The van der Waals surface area contributed by atoms with Crippen molar-refractivity contribution in [3.8, 4) is 0 Å². The topological polar surface area (TPSA) is 78.4 Å². The zero-order valence-electron chi connectivity index (χ0n) is 11.2. The van der Waals surface area contributed by atoms with Crippen LogP contribution in [0.4, 0.5) is 0 Å². The van der Waals surface area contributed by atoms with E-state index in [1.807, 2.05) is 30.3 Å². The molecule has 2 rings (SSSR count). The predicted molar refractivity (Wildman–Crippen MR) is 78.1 cm³/mol. The van der Waals surface area contributed by atoms with Crippen molar-refractivity contribution < 1.29 is 14.7 Å². The average Bonchev–Trinajstić information content (AvgIpc) is 2.41. The van der Waals surface area contributed by atoms with Crippen molar-refractivity contribution in [3.63, 3.8) is 0 Å². The minimum Gasteiger partial charge on any atom is -0.393 e. The summed E-state index contributed by atoms with van der Waals surface area (Å²) in [4.78, 5) is 23.4. The lowest BCUT2D eigenvalue weighted by atomic mass is 10.1. The molecule has 3 atom stereocenters. The van der Waals surface area contributed by atoms with E-state index in [4.69, 9.17) is 0 Å². The number of thioether (sulfide) groups is 1. The number of aliphatic hydroxyl groups is 1. The first-order chi connectivity index (χ1) is 9.56. The van der Waals surface area contributed by atoms with Crippen molar-refractivity contribution >= 4 is 23.6 Å². The van der Waals surface area contributed by atoms with Gasteiger partial charge in [-0.2, -0.15) is 0 Å². The predicted octanol–water partition coefficient (Wildman–Crippen LogP) is 0.284. The van der Waals surface area contributed by atoms with E-state index in [1.54, 1.807) is 6.92 Å². The normalized spacial score (nSPS) is 22.6. The highest BCUT2D eigenvalue weighted by molar-refractivity contribution is 8.00. The molecule has 3 N–H and O–H groups in total. The van der Waals surface area contributed by atoms with Gasteiger partial charge in [0.25, 0.3) is 0 Å². The first-order valence-electron chi connectivity index (χ1n) is 6.49. The molecule has 1 saturated heterocycles. The van der Waals surface area contributed by atoms with Gasteiger partial charge in [-0.1, -0.05) is 30.3 Å². The molecule has 0 aliphatic carbocycles. The van der Waals surface area contributed by atoms with Crippen molar-refractivity contribution in [1.82, 2.24) is 10.6 Å². The molecule has 6 heteroatoms. The Kier molecular flexibility index (Phi) is 5.03. The molecule has 1 aromatic carbocycles. The smallest absolute Gasteiger partial charge is 0.246 e. The zero-order valence-corrected chi connectivity index (χ0v) is 12.0. The van der Waals surface area contributed by atoms with Gasteiger partial charge < -0.3 is 15.7 Å². The number of benzene rings is 1. The number of β-lactam (4-membered cyclic amide) rings is 1. The van der Waals surface area contributed by atoms with Crippen molar-refractivity contribution in [2.45, 2.75) is 30.9 Å². The first kappa shape index (κ1) is 14.9. The summed E-state index contributed by atoms with van der Waals surface area (Å²) in [5.41, 5.74) is 0.915. The molecule has 1 fully saturated rings. The van der Waals surface area contributed by atoms with Crippen LogP contribution in [0, 0.1) is 0 Å². The van der Waals surface area contributed by atoms with E-state index in [-0.39, 0.29) is 23.6 Å².